The van der Waals surface area contributed by atoms with Crippen LogP contribution in [0, 0.1) is 11.6 Å². The zero-order valence-corrected chi connectivity index (χ0v) is 31.7. The van der Waals surface area contributed by atoms with Gasteiger partial charge in [-0.05, 0) is 91.1 Å². The summed E-state index contributed by atoms with van der Waals surface area (Å²) >= 11 is 0. The van der Waals surface area contributed by atoms with Crippen LogP contribution in [0.25, 0.3) is 56.0 Å². The van der Waals surface area contributed by atoms with E-state index in [1.54, 1.807) is 92.9 Å². The van der Waals surface area contributed by atoms with Crippen molar-refractivity contribution in [2.45, 2.75) is 51.1 Å². The summed E-state index contributed by atoms with van der Waals surface area (Å²) in [7, 11) is 5.12. The highest BCUT2D eigenvalue weighted by molar-refractivity contribution is 5.98. The lowest BCUT2D eigenvalue weighted by Crippen LogP contribution is -2.38. The van der Waals surface area contributed by atoms with Crippen molar-refractivity contribution in [2.24, 2.45) is 0 Å². The normalized spacial score (nSPS) is 15.3. The summed E-state index contributed by atoms with van der Waals surface area (Å²) in [5.74, 6) is -0.660. The summed E-state index contributed by atoms with van der Waals surface area (Å²) in [6.45, 7) is 1.82. The minimum atomic E-state index is -0.576. The first-order valence-corrected chi connectivity index (χ1v) is 18.7. The molecule has 2 atom stereocenters. The Labute approximate surface area is 325 Å². The topological polar surface area (TPSA) is 150 Å². The number of oxazole rings is 1. The molecular weight excluding hydrogens is 733 g/mol. The quantitative estimate of drug-likeness (QED) is 0.143. The van der Waals surface area contributed by atoms with E-state index in [2.05, 4.69) is 25.5 Å². The van der Waals surface area contributed by atoms with E-state index in [4.69, 9.17) is 8.83 Å². The van der Waals surface area contributed by atoms with Crippen molar-refractivity contribution in [1.82, 2.24) is 35.3 Å². The second kappa shape index (κ2) is 15.1. The maximum Gasteiger partial charge on any atom is 0.253 e. The molecule has 0 bridgehead atoms. The molecule has 0 unspecified atom stereocenters. The number of nitrogens with zero attached hydrogens (tertiary/aromatic N) is 5. The molecule has 0 saturated heterocycles. The number of carbonyl (C=O) groups excluding carboxylic acids is 3. The fourth-order valence-electron chi connectivity index (χ4n) is 7.36. The zero-order valence-electron chi connectivity index (χ0n) is 31.7. The Morgan fingerprint density at radius 3 is 2.26 bits per heavy atom. The van der Waals surface area contributed by atoms with E-state index in [1.165, 1.54) is 17.0 Å². The number of aromatic nitrogens is 4. The molecule has 8 rings (SSSR count). The van der Waals surface area contributed by atoms with Crippen LogP contribution >= 0.6 is 0 Å². The summed E-state index contributed by atoms with van der Waals surface area (Å²) in [5.41, 5.74) is 4.41. The molecule has 2 N–H and O–H groups in total. The lowest BCUT2D eigenvalue weighted by molar-refractivity contribution is -0.121. The number of hydrogen-bond donors (Lipinski definition) is 2. The van der Waals surface area contributed by atoms with E-state index >= 15 is 8.78 Å². The van der Waals surface area contributed by atoms with Crippen molar-refractivity contribution in [2.75, 3.05) is 21.1 Å². The monoisotopic (exact) mass is 771 g/mol. The standard InChI is InChI=1S/C43H39F2N7O5/c1-5-37(53)47-28-14-15-29(19-28)52(4)43(55)27-10-6-24(7-11-27)30-20-31-32(22-46-35(31)21-33(30)44)41-50-49-38(57-41)18-23-16-34(45)39-36(17-23)56-40(48-39)25-8-12-26(13-9-25)42(54)51(2)3/h6-13,16-17,20-22,28-29,46H,5,14-15,18-19H2,1-4H3,(H,47,53)/t28-,29+/m0/s1. The first-order valence-electron chi connectivity index (χ1n) is 18.7. The van der Waals surface area contributed by atoms with E-state index in [0.717, 1.165) is 12.8 Å². The molecule has 57 heavy (non-hydrogen) atoms. The highest BCUT2D eigenvalue weighted by Crippen LogP contribution is 2.35. The highest BCUT2D eigenvalue weighted by atomic mass is 19.1. The molecule has 1 aliphatic rings. The van der Waals surface area contributed by atoms with Crippen molar-refractivity contribution >= 4 is 39.7 Å². The third kappa shape index (κ3) is 7.37. The maximum absolute atomic E-state index is 15.5. The Hall–Kier alpha value is -6.70. The van der Waals surface area contributed by atoms with Crippen LogP contribution in [0.5, 0.6) is 0 Å². The van der Waals surface area contributed by atoms with Gasteiger partial charge in [0.2, 0.25) is 23.6 Å². The van der Waals surface area contributed by atoms with Crippen molar-refractivity contribution in [3.8, 4) is 34.0 Å². The van der Waals surface area contributed by atoms with Gasteiger partial charge in [0.05, 0.1) is 12.0 Å². The van der Waals surface area contributed by atoms with Crippen LogP contribution in [0.15, 0.2) is 87.8 Å². The van der Waals surface area contributed by atoms with Gasteiger partial charge in [-0.2, -0.15) is 0 Å². The summed E-state index contributed by atoms with van der Waals surface area (Å²) in [6.07, 6.45) is 4.52. The van der Waals surface area contributed by atoms with Crippen molar-refractivity contribution in [3.63, 3.8) is 0 Å². The second-order valence-electron chi connectivity index (χ2n) is 14.6. The minimum absolute atomic E-state index is 0.00990. The number of nitrogens with one attached hydrogen (secondary N) is 2. The lowest BCUT2D eigenvalue weighted by atomic mass is 10.00. The molecule has 0 spiro atoms. The van der Waals surface area contributed by atoms with Crippen molar-refractivity contribution < 1.29 is 32.0 Å². The van der Waals surface area contributed by atoms with Crippen molar-refractivity contribution in [3.05, 3.63) is 113 Å². The molecule has 7 aromatic rings. The highest BCUT2D eigenvalue weighted by Gasteiger charge is 2.31. The van der Waals surface area contributed by atoms with Gasteiger partial charge in [-0.1, -0.05) is 19.1 Å². The average Bonchev–Trinajstić information content (AvgIpc) is 4.04. The number of halogens is 2. The van der Waals surface area contributed by atoms with E-state index < -0.39 is 11.6 Å². The molecule has 1 fully saturated rings. The predicted octanol–water partition coefficient (Wildman–Crippen LogP) is 7.78. The van der Waals surface area contributed by atoms with Gasteiger partial charge in [-0.15, -0.1) is 10.2 Å². The average molecular weight is 772 g/mol. The Balaban J connectivity index is 0.979. The van der Waals surface area contributed by atoms with E-state index in [-0.39, 0.29) is 65.0 Å². The molecule has 4 aromatic carbocycles. The third-order valence-corrected chi connectivity index (χ3v) is 10.5. The molecule has 3 amide bonds. The SMILES string of the molecule is CCC(=O)N[C@H]1CC[C@@H](N(C)C(=O)c2ccc(-c3cc4c(-c5nnc(Cc6cc(F)c7nc(-c8ccc(C(=O)N(C)C)cc8)oc7c6)o5)c[nH]c4cc3F)cc2)C1. The minimum Gasteiger partial charge on any atom is -0.436 e. The van der Waals surface area contributed by atoms with Gasteiger partial charge in [0.15, 0.2) is 11.4 Å². The Bertz CT molecular complexity index is 2650. The molecule has 3 aromatic heterocycles. The smallest absolute Gasteiger partial charge is 0.253 e. The summed E-state index contributed by atoms with van der Waals surface area (Å²) in [4.78, 5) is 48.1. The van der Waals surface area contributed by atoms with Gasteiger partial charge in [0.25, 0.3) is 11.8 Å². The van der Waals surface area contributed by atoms with Crippen LogP contribution < -0.4 is 5.32 Å². The number of fused-ring (bicyclic) bond motifs is 2. The molecule has 12 nitrogen and oxygen atoms in total. The second-order valence-corrected chi connectivity index (χ2v) is 14.6. The molecule has 3 heterocycles. The third-order valence-electron chi connectivity index (χ3n) is 10.5. The van der Waals surface area contributed by atoms with E-state index in [9.17, 15) is 14.4 Å². The number of aromatic amines is 1. The fraction of sp³-hybridized carbons (Fsp3) is 0.256. The predicted molar refractivity (Wildman–Crippen MR) is 209 cm³/mol. The van der Waals surface area contributed by atoms with E-state index in [1.807, 2.05) is 6.92 Å². The number of hydrogen-bond acceptors (Lipinski definition) is 8. The van der Waals surface area contributed by atoms with Gasteiger partial charge >= 0.3 is 0 Å². The van der Waals surface area contributed by atoms with Crippen molar-refractivity contribution in [1.29, 1.82) is 0 Å². The number of amides is 3. The largest absolute Gasteiger partial charge is 0.436 e. The number of H-pyrrole nitrogens is 1. The van der Waals surface area contributed by atoms with Crippen LogP contribution in [-0.2, 0) is 11.2 Å². The molecule has 14 heteroatoms. The van der Waals surface area contributed by atoms with Crippen LogP contribution in [0.1, 0.15) is 64.8 Å². The molecule has 0 aliphatic heterocycles. The van der Waals surface area contributed by atoms with Gasteiger partial charge in [-0.3, -0.25) is 14.4 Å². The Morgan fingerprint density at radius 1 is 0.825 bits per heavy atom. The van der Waals surface area contributed by atoms with E-state index in [0.29, 0.717) is 62.7 Å². The van der Waals surface area contributed by atoms with Crippen LogP contribution in [-0.4, -0.2) is 80.9 Å². The number of rotatable bonds is 10. The fourth-order valence-corrected chi connectivity index (χ4v) is 7.36. The van der Waals surface area contributed by atoms with Gasteiger partial charge in [0.1, 0.15) is 11.3 Å². The summed E-state index contributed by atoms with van der Waals surface area (Å²) in [6, 6.07) is 19.7. The van der Waals surface area contributed by atoms with Gasteiger partial charge in [0, 0.05) is 79.0 Å². The molecule has 1 saturated carbocycles. The Morgan fingerprint density at radius 2 is 1.54 bits per heavy atom. The lowest BCUT2D eigenvalue weighted by Gasteiger charge is -2.25. The van der Waals surface area contributed by atoms with Crippen LogP contribution in [0.4, 0.5) is 8.78 Å². The number of carbonyl (C=O) groups is 3. The Kier molecular flexibility index (Phi) is 9.86. The molecular formula is C43H39F2N7O5. The summed E-state index contributed by atoms with van der Waals surface area (Å²) in [5, 5.41) is 12.1. The maximum atomic E-state index is 15.5. The molecule has 290 valence electrons. The van der Waals surface area contributed by atoms with Crippen LogP contribution in [0.2, 0.25) is 0 Å². The first kappa shape index (κ1) is 37.2. The van der Waals surface area contributed by atoms with Crippen LogP contribution in [0.3, 0.4) is 0 Å². The molecule has 1 aliphatic carbocycles. The summed E-state index contributed by atoms with van der Waals surface area (Å²) < 4.78 is 42.7. The van der Waals surface area contributed by atoms with Gasteiger partial charge in [-0.25, -0.2) is 13.8 Å². The zero-order chi connectivity index (χ0) is 40.0. The number of benzene rings is 4. The van der Waals surface area contributed by atoms with Gasteiger partial charge < -0.3 is 28.9 Å². The first-order chi connectivity index (χ1) is 27.4. The molecule has 0 radical (unpaired) electrons.